The van der Waals surface area contributed by atoms with Crippen molar-refractivity contribution >= 4 is 23.2 Å². The molecule has 1 aliphatic heterocycles. The molecule has 2 aromatic carbocycles. The third-order valence-electron chi connectivity index (χ3n) is 4.44. The van der Waals surface area contributed by atoms with Crippen LogP contribution in [0.15, 0.2) is 42.5 Å². The molecule has 2 aromatic rings. The number of carbonyl (C=O) groups excluding carboxylic acids is 2. The molecular weight excluding hydrogens is 347 g/mol. The molecule has 142 valence electrons. The van der Waals surface area contributed by atoms with Crippen LogP contribution < -0.4 is 15.4 Å². The molecule has 0 spiro atoms. The van der Waals surface area contributed by atoms with Crippen LogP contribution in [0.25, 0.3) is 0 Å². The van der Waals surface area contributed by atoms with Crippen molar-refractivity contribution in [3.63, 3.8) is 0 Å². The van der Waals surface area contributed by atoms with Crippen LogP contribution >= 0.6 is 0 Å². The Balaban J connectivity index is 1.74. The Hall–Kier alpha value is -2.89. The van der Waals surface area contributed by atoms with Gasteiger partial charge in [-0.3, -0.25) is 9.59 Å². The number of hydrogen-bond donors (Lipinski definition) is 2. The van der Waals surface area contributed by atoms with E-state index in [0.717, 1.165) is 12.0 Å². The predicted molar refractivity (Wildman–Crippen MR) is 102 cm³/mol. The van der Waals surface area contributed by atoms with Gasteiger partial charge in [-0.1, -0.05) is 32.0 Å². The first-order chi connectivity index (χ1) is 12.9. The zero-order chi connectivity index (χ0) is 19.4. The van der Waals surface area contributed by atoms with Crippen molar-refractivity contribution in [1.82, 2.24) is 0 Å². The van der Waals surface area contributed by atoms with Crippen molar-refractivity contribution < 1.29 is 18.7 Å². The molecule has 0 saturated heterocycles. The van der Waals surface area contributed by atoms with Gasteiger partial charge in [-0.05, 0) is 48.1 Å². The third kappa shape index (κ3) is 4.84. The summed E-state index contributed by atoms with van der Waals surface area (Å²) in [6.45, 7) is 4.11. The van der Waals surface area contributed by atoms with E-state index in [1.54, 1.807) is 30.3 Å². The highest BCUT2D eigenvalue weighted by atomic mass is 19.1. The molecule has 6 heteroatoms. The molecule has 1 atom stereocenters. The number of amides is 2. The number of rotatable bonds is 6. The number of benzene rings is 2. The minimum atomic E-state index is -0.290. The zero-order valence-electron chi connectivity index (χ0n) is 15.4. The van der Waals surface area contributed by atoms with Crippen LogP contribution in [0.2, 0.25) is 0 Å². The smallest absolute Gasteiger partial charge is 0.262 e. The summed E-state index contributed by atoms with van der Waals surface area (Å²) in [5.41, 5.74) is 2.01. The minimum Gasteiger partial charge on any atom is -0.479 e. The fourth-order valence-electron chi connectivity index (χ4n) is 3.28. The fourth-order valence-corrected chi connectivity index (χ4v) is 3.28. The molecule has 0 fully saturated rings. The highest BCUT2D eigenvalue weighted by Crippen LogP contribution is 2.36. The van der Waals surface area contributed by atoms with Crippen molar-refractivity contribution in [1.29, 1.82) is 0 Å². The molecule has 1 heterocycles. The second-order valence-electron chi connectivity index (χ2n) is 7.15. The largest absolute Gasteiger partial charge is 0.479 e. The quantitative estimate of drug-likeness (QED) is 0.796. The van der Waals surface area contributed by atoms with E-state index in [1.165, 1.54) is 12.1 Å². The first kappa shape index (κ1) is 18.9. The monoisotopic (exact) mass is 370 g/mol. The van der Waals surface area contributed by atoms with Gasteiger partial charge in [0.1, 0.15) is 5.82 Å². The van der Waals surface area contributed by atoms with E-state index in [0.29, 0.717) is 23.0 Å². The van der Waals surface area contributed by atoms with E-state index in [9.17, 15) is 14.0 Å². The van der Waals surface area contributed by atoms with Gasteiger partial charge in [-0.2, -0.15) is 0 Å². The Morgan fingerprint density at radius 1 is 1.22 bits per heavy atom. The van der Waals surface area contributed by atoms with Crippen molar-refractivity contribution in [3.8, 4) is 5.75 Å². The summed E-state index contributed by atoms with van der Waals surface area (Å²) in [6, 6.07) is 11.5. The summed E-state index contributed by atoms with van der Waals surface area (Å²) in [4.78, 5) is 24.1. The molecule has 2 amide bonds. The maximum atomic E-state index is 13.2. The molecule has 0 aromatic heterocycles. The normalized spacial score (nSPS) is 14.1. The van der Waals surface area contributed by atoms with Gasteiger partial charge in [0.25, 0.3) is 5.91 Å². The Morgan fingerprint density at radius 2 is 1.96 bits per heavy atom. The molecular formula is C21H23FN2O3. The third-order valence-corrected chi connectivity index (χ3v) is 4.44. The summed E-state index contributed by atoms with van der Waals surface area (Å²) in [7, 11) is 0. The van der Waals surface area contributed by atoms with Crippen molar-refractivity contribution in [2.24, 2.45) is 5.92 Å². The highest BCUT2D eigenvalue weighted by molar-refractivity contribution is 6.00. The van der Waals surface area contributed by atoms with E-state index in [-0.39, 0.29) is 36.6 Å². The van der Waals surface area contributed by atoms with Crippen LogP contribution in [0, 0.1) is 11.7 Å². The number of halogens is 1. The fraction of sp³-hybridized carbons (Fsp3) is 0.333. The van der Waals surface area contributed by atoms with Gasteiger partial charge in [-0.15, -0.1) is 0 Å². The summed E-state index contributed by atoms with van der Waals surface area (Å²) >= 11 is 0. The molecule has 1 unspecified atom stereocenters. The van der Waals surface area contributed by atoms with E-state index in [2.05, 4.69) is 24.5 Å². The average Bonchev–Trinajstić information content (AvgIpc) is 2.61. The van der Waals surface area contributed by atoms with Crippen molar-refractivity contribution in [2.75, 3.05) is 17.2 Å². The molecule has 0 radical (unpaired) electrons. The zero-order valence-corrected chi connectivity index (χ0v) is 15.4. The van der Waals surface area contributed by atoms with E-state index < -0.39 is 0 Å². The average molecular weight is 370 g/mol. The van der Waals surface area contributed by atoms with Gasteiger partial charge in [0.2, 0.25) is 5.91 Å². The van der Waals surface area contributed by atoms with Crippen LogP contribution in [0.3, 0.4) is 0 Å². The number of anilines is 2. The molecule has 2 N–H and O–H groups in total. The lowest BCUT2D eigenvalue weighted by Crippen LogP contribution is -2.26. The SMILES string of the molecule is CC(C)CC(CC(=O)Nc1cccc2c1OCC(=O)N2)c1ccc(F)cc1. The first-order valence-corrected chi connectivity index (χ1v) is 9.03. The lowest BCUT2D eigenvalue weighted by Gasteiger charge is -2.22. The van der Waals surface area contributed by atoms with Gasteiger partial charge in [0.15, 0.2) is 12.4 Å². The molecule has 0 bridgehead atoms. The first-order valence-electron chi connectivity index (χ1n) is 9.03. The Kier molecular flexibility index (Phi) is 5.74. The maximum Gasteiger partial charge on any atom is 0.262 e. The van der Waals surface area contributed by atoms with E-state index >= 15 is 0 Å². The Bertz CT molecular complexity index is 834. The number of para-hydroxylation sites is 1. The second-order valence-corrected chi connectivity index (χ2v) is 7.15. The standard InChI is InChI=1S/C21H23FN2O3/c1-13(2)10-15(14-6-8-16(22)9-7-14)11-19(25)23-17-4-3-5-18-21(17)27-12-20(26)24-18/h3-9,13,15H,10-12H2,1-2H3,(H,23,25)(H,24,26). The Morgan fingerprint density at radius 3 is 2.67 bits per heavy atom. The minimum absolute atomic E-state index is 0.00856. The topological polar surface area (TPSA) is 67.4 Å². The van der Waals surface area contributed by atoms with Crippen LogP contribution in [0.1, 0.15) is 38.2 Å². The van der Waals surface area contributed by atoms with Gasteiger partial charge < -0.3 is 15.4 Å². The molecule has 1 aliphatic rings. The van der Waals surface area contributed by atoms with Crippen LogP contribution in [0.5, 0.6) is 5.75 Å². The van der Waals surface area contributed by atoms with Gasteiger partial charge in [0.05, 0.1) is 11.4 Å². The van der Waals surface area contributed by atoms with Crippen molar-refractivity contribution in [2.45, 2.75) is 32.6 Å². The van der Waals surface area contributed by atoms with Crippen molar-refractivity contribution in [3.05, 3.63) is 53.8 Å². The summed E-state index contributed by atoms with van der Waals surface area (Å²) in [6.07, 6.45) is 1.10. The number of hydrogen-bond acceptors (Lipinski definition) is 3. The van der Waals surface area contributed by atoms with Crippen LogP contribution in [-0.4, -0.2) is 18.4 Å². The van der Waals surface area contributed by atoms with Gasteiger partial charge >= 0.3 is 0 Å². The number of nitrogens with one attached hydrogen (secondary N) is 2. The van der Waals surface area contributed by atoms with E-state index in [1.807, 2.05) is 0 Å². The molecule has 5 nitrogen and oxygen atoms in total. The maximum absolute atomic E-state index is 13.2. The van der Waals surface area contributed by atoms with Gasteiger partial charge in [0, 0.05) is 6.42 Å². The molecule has 0 saturated carbocycles. The number of carbonyl (C=O) groups is 2. The highest BCUT2D eigenvalue weighted by Gasteiger charge is 2.22. The van der Waals surface area contributed by atoms with Crippen LogP contribution in [0.4, 0.5) is 15.8 Å². The molecule has 3 rings (SSSR count). The molecule has 0 aliphatic carbocycles. The lowest BCUT2D eigenvalue weighted by atomic mass is 9.87. The Labute approximate surface area is 157 Å². The summed E-state index contributed by atoms with van der Waals surface area (Å²) < 4.78 is 18.7. The predicted octanol–water partition coefficient (Wildman–Crippen LogP) is 4.32. The number of ether oxygens (including phenoxy) is 1. The van der Waals surface area contributed by atoms with Crippen LogP contribution in [-0.2, 0) is 9.59 Å². The van der Waals surface area contributed by atoms with Gasteiger partial charge in [-0.25, -0.2) is 4.39 Å². The lowest BCUT2D eigenvalue weighted by molar-refractivity contribution is -0.118. The summed E-state index contributed by atoms with van der Waals surface area (Å²) in [5, 5.41) is 5.60. The second kappa shape index (κ2) is 8.20. The van der Waals surface area contributed by atoms with E-state index in [4.69, 9.17) is 4.74 Å². The number of fused-ring (bicyclic) bond motifs is 1. The summed E-state index contributed by atoms with van der Waals surface area (Å²) in [5.74, 6) is 0.189. The molecule has 27 heavy (non-hydrogen) atoms.